The molecule has 1 amide bonds. The van der Waals surface area contributed by atoms with Gasteiger partial charge >= 0.3 is 5.69 Å². The monoisotopic (exact) mass is 333 g/mol. The number of benzene rings is 1. The van der Waals surface area contributed by atoms with Gasteiger partial charge in [-0.1, -0.05) is 6.07 Å². The zero-order valence-corrected chi connectivity index (χ0v) is 13.4. The largest absolute Gasteiger partial charge is 0.477 e. The first-order valence-electron chi connectivity index (χ1n) is 6.72. The molecule has 0 fully saturated rings. The van der Waals surface area contributed by atoms with E-state index in [1.807, 2.05) is 19.1 Å². The lowest BCUT2D eigenvalue weighted by molar-refractivity contribution is -0.385. The number of nitro groups is 1. The minimum Gasteiger partial charge on any atom is -0.477 e. The molecule has 1 aromatic carbocycles. The van der Waals surface area contributed by atoms with Gasteiger partial charge in [0, 0.05) is 15.8 Å². The Kier molecular flexibility index (Phi) is 5.42. The fourth-order valence-electron chi connectivity index (χ4n) is 1.76. The minimum absolute atomic E-state index is 0.0496. The zero-order chi connectivity index (χ0) is 16.8. The molecule has 0 aliphatic rings. The van der Waals surface area contributed by atoms with E-state index in [0.717, 1.165) is 15.3 Å². The molecule has 8 heteroatoms. The average molecular weight is 333 g/mol. The highest BCUT2D eigenvalue weighted by Gasteiger charge is 2.16. The van der Waals surface area contributed by atoms with E-state index in [4.69, 9.17) is 4.74 Å². The zero-order valence-electron chi connectivity index (χ0n) is 12.6. The smallest absolute Gasteiger partial charge is 0.311 e. The third-order valence-electron chi connectivity index (χ3n) is 2.81. The maximum absolute atomic E-state index is 11.6. The lowest BCUT2D eigenvalue weighted by Crippen LogP contribution is -2.24. The Balaban J connectivity index is 1.89. The first kappa shape index (κ1) is 16.6. The van der Waals surface area contributed by atoms with Gasteiger partial charge in [0.1, 0.15) is 0 Å². The molecular weight excluding hydrogens is 318 g/mol. The summed E-state index contributed by atoms with van der Waals surface area (Å²) >= 11 is 1.55. The van der Waals surface area contributed by atoms with Crippen LogP contribution in [0.2, 0.25) is 0 Å². The van der Waals surface area contributed by atoms with Crippen molar-refractivity contribution in [1.29, 1.82) is 0 Å². The number of nitro benzene ring substituents is 1. The Hall–Kier alpha value is -2.74. The normalized spacial score (nSPS) is 10.7. The Morgan fingerprint density at radius 2 is 2.17 bits per heavy atom. The van der Waals surface area contributed by atoms with E-state index in [0.29, 0.717) is 0 Å². The molecule has 2 rings (SSSR count). The molecule has 0 saturated carbocycles. The summed E-state index contributed by atoms with van der Waals surface area (Å²) in [5, 5.41) is 14.8. The number of thiophene rings is 1. The van der Waals surface area contributed by atoms with Crippen molar-refractivity contribution in [2.45, 2.75) is 13.8 Å². The molecule has 0 unspecified atom stereocenters. The number of hydrogen-bond donors (Lipinski definition) is 1. The van der Waals surface area contributed by atoms with Crippen LogP contribution in [0.5, 0.6) is 5.75 Å². The van der Waals surface area contributed by atoms with Crippen LogP contribution in [0.25, 0.3) is 0 Å². The first-order valence-corrected chi connectivity index (χ1v) is 7.53. The Morgan fingerprint density at radius 3 is 2.83 bits per heavy atom. The molecule has 1 aromatic heterocycles. The van der Waals surface area contributed by atoms with Crippen LogP contribution >= 0.6 is 11.3 Å². The molecule has 120 valence electrons. The second kappa shape index (κ2) is 7.50. The van der Waals surface area contributed by atoms with E-state index in [9.17, 15) is 14.9 Å². The number of rotatable bonds is 6. The van der Waals surface area contributed by atoms with Crippen LogP contribution in [0.4, 0.5) is 5.69 Å². The molecule has 0 bridgehead atoms. The number of hydrazone groups is 1. The molecule has 0 radical (unpaired) electrons. The molecule has 0 saturated heterocycles. The number of aryl methyl sites for hydroxylation is 2. The fourth-order valence-corrected chi connectivity index (χ4v) is 2.51. The van der Waals surface area contributed by atoms with Crippen LogP contribution in [0.3, 0.4) is 0 Å². The molecule has 1 N–H and O–H groups in total. The Labute approximate surface area is 136 Å². The number of carbonyl (C=O) groups excluding carboxylic acids is 1. The van der Waals surface area contributed by atoms with Crippen LogP contribution < -0.4 is 10.2 Å². The molecule has 1 heterocycles. The van der Waals surface area contributed by atoms with E-state index in [1.54, 1.807) is 24.3 Å². The number of nitrogens with zero attached hydrogens (tertiary/aromatic N) is 2. The standard InChI is InChI=1S/C15H15N3O4S/c1-10-3-6-14(13(7-10)18(20)21)22-9-15(19)17-16-8-12-5-4-11(2)23-12/h3-8H,9H2,1-2H3,(H,17,19)/b16-8-. The predicted octanol–water partition coefficient (Wildman–Crippen LogP) is 2.80. The summed E-state index contributed by atoms with van der Waals surface area (Å²) in [6.45, 7) is 3.36. The SMILES string of the molecule is Cc1ccc(OCC(=O)N/N=C\c2ccc(C)s2)c([N+](=O)[O-])c1. The highest BCUT2D eigenvalue weighted by molar-refractivity contribution is 7.13. The molecule has 0 atom stereocenters. The second-order valence-electron chi connectivity index (χ2n) is 4.76. The maximum Gasteiger partial charge on any atom is 0.311 e. The van der Waals surface area contributed by atoms with Gasteiger partial charge in [-0.05, 0) is 37.6 Å². The molecular formula is C15H15N3O4S. The molecule has 7 nitrogen and oxygen atoms in total. The van der Waals surface area contributed by atoms with Crippen molar-refractivity contribution in [3.63, 3.8) is 0 Å². The predicted molar refractivity (Wildman–Crippen MR) is 88.1 cm³/mol. The lowest BCUT2D eigenvalue weighted by Gasteiger charge is -2.06. The van der Waals surface area contributed by atoms with Gasteiger partial charge in [-0.25, -0.2) is 5.43 Å². The van der Waals surface area contributed by atoms with Gasteiger partial charge in [-0.15, -0.1) is 11.3 Å². The Bertz CT molecular complexity index is 755. The third-order valence-corrected chi connectivity index (χ3v) is 3.75. The van der Waals surface area contributed by atoms with Gasteiger partial charge in [0.05, 0.1) is 11.1 Å². The Morgan fingerprint density at radius 1 is 1.39 bits per heavy atom. The summed E-state index contributed by atoms with van der Waals surface area (Å²) in [5.74, 6) is -0.446. The van der Waals surface area contributed by atoms with E-state index < -0.39 is 10.8 Å². The van der Waals surface area contributed by atoms with Crippen molar-refractivity contribution in [3.8, 4) is 5.75 Å². The van der Waals surface area contributed by atoms with Crippen molar-refractivity contribution >= 4 is 29.1 Å². The number of hydrogen-bond acceptors (Lipinski definition) is 6. The molecule has 0 aliphatic heterocycles. The van der Waals surface area contributed by atoms with Gasteiger partial charge in [-0.3, -0.25) is 14.9 Å². The third kappa shape index (κ3) is 4.89. The van der Waals surface area contributed by atoms with Crippen LogP contribution in [-0.4, -0.2) is 23.7 Å². The van der Waals surface area contributed by atoms with Gasteiger partial charge in [-0.2, -0.15) is 5.10 Å². The van der Waals surface area contributed by atoms with Crippen LogP contribution in [0.15, 0.2) is 35.4 Å². The quantitative estimate of drug-likeness (QED) is 0.499. The van der Waals surface area contributed by atoms with E-state index in [2.05, 4.69) is 10.5 Å². The summed E-state index contributed by atoms with van der Waals surface area (Å²) in [6, 6.07) is 8.38. The fraction of sp³-hybridized carbons (Fsp3) is 0.200. The van der Waals surface area contributed by atoms with Gasteiger partial charge < -0.3 is 4.74 Å². The highest BCUT2D eigenvalue weighted by atomic mass is 32.1. The van der Waals surface area contributed by atoms with Crippen molar-refractivity contribution < 1.29 is 14.5 Å². The van der Waals surface area contributed by atoms with Crippen LogP contribution in [0.1, 0.15) is 15.3 Å². The van der Waals surface area contributed by atoms with E-state index in [-0.39, 0.29) is 18.0 Å². The average Bonchev–Trinajstić information content (AvgIpc) is 2.91. The minimum atomic E-state index is -0.544. The highest BCUT2D eigenvalue weighted by Crippen LogP contribution is 2.27. The lowest BCUT2D eigenvalue weighted by atomic mass is 10.2. The molecule has 0 spiro atoms. The van der Waals surface area contributed by atoms with Gasteiger partial charge in [0.25, 0.3) is 5.91 Å². The van der Waals surface area contributed by atoms with Crippen molar-refractivity contribution in [2.75, 3.05) is 6.61 Å². The summed E-state index contributed by atoms with van der Waals surface area (Å²) in [6.07, 6.45) is 1.53. The summed E-state index contributed by atoms with van der Waals surface area (Å²) in [4.78, 5) is 24.1. The number of carbonyl (C=O) groups is 1. The number of amides is 1. The number of ether oxygens (including phenoxy) is 1. The summed E-state index contributed by atoms with van der Waals surface area (Å²) in [7, 11) is 0. The van der Waals surface area contributed by atoms with Crippen molar-refractivity contribution in [3.05, 3.63) is 55.8 Å². The maximum atomic E-state index is 11.6. The van der Waals surface area contributed by atoms with E-state index >= 15 is 0 Å². The molecule has 0 aliphatic carbocycles. The summed E-state index contributed by atoms with van der Waals surface area (Å²) < 4.78 is 5.20. The molecule has 2 aromatic rings. The van der Waals surface area contributed by atoms with E-state index in [1.165, 1.54) is 18.3 Å². The first-order chi connectivity index (χ1) is 11.0. The summed E-state index contributed by atoms with van der Waals surface area (Å²) in [5.41, 5.74) is 2.88. The van der Waals surface area contributed by atoms with Crippen molar-refractivity contribution in [2.24, 2.45) is 5.10 Å². The van der Waals surface area contributed by atoms with Crippen LogP contribution in [-0.2, 0) is 4.79 Å². The van der Waals surface area contributed by atoms with Gasteiger partial charge in [0.2, 0.25) is 0 Å². The topological polar surface area (TPSA) is 93.8 Å². The molecule has 23 heavy (non-hydrogen) atoms. The van der Waals surface area contributed by atoms with Gasteiger partial charge in [0.15, 0.2) is 12.4 Å². The van der Waals surface area contributed by atoms with Crippen molar-refractivity contribution in [1.82, 2.24) is 5.43 Å². The number of nitrogens with one attached hydrogen (secondary N) is 1. The van der Waals surface area contributed by atoms with Crippen LogP contribution in [0, 0.1) is 24.0 Å². The second-order valence-corrected chi connectivity index (χ2v) is 6.08.